The molecule has 1 aliphatic carbocycles. The van der Waals surface area contributed by atoms with E-state index < -0.39 is 12.2 Å². The minimum atomic E-state index is -4.25. The van der Waals surface area contributed by atoms with Crippen LogP contribution in [0.2, 0.25) is 0 Å². The van der Waals surface area contributed by atoms with Gasteiger partial charge in [0.15, 0.2) is 0 Å². The number of piperazine rings is 1. The Morgan fingerprint density at radius 2 is 2.14 bits per heavy atom. The van der Waals surface area contributed by atoms with E-state index in [9.17, 15) is 13.2 Å². The number of aliphatic imine (C=N–C) groups is 2. The second-order valence-corrected chi connectivity index (χ2v) is 6.82. The van der Waals surface area contributed by atoms with Gasteiger partial charge in [-0.25, -0.2) is 0 Å². The van der Waals surface area contributed by atoms with E-state index in [0.29, 0.717) is 32.6 Å². The molecule has 0 saturated carbocycles. The quantitative estimate of drug-likeness (QED) is 0.592. The van der Waals surface area contributed by atoms with Crippen molar-refractivity contribution in [2.75, 3.05) is 32.7 Å². The van der Waals surface area contributed by atoms with E-state index >= 15 is 0 Å². The Labute approximate surface area is 168 Å². The van der Waals surface area contributed by atoms with E-state index in [1.807, 2.05) is 24.4 Å². The maximum absolute atomic E-state index is 13.1. The first-order valence-corrected chi connectivity index (χ1v) is 9.45. The number of nitrogens with zero attached hydrogens (tertiary/aromatic N) is 3. The van der Waals surface area contributed by atoms with E-state index in [0.717, 1.165) is 22.7 Å². The lowest BCUT2D eigenvalue weighted by atomic mass is 10.1. The summed E-state index contributed by atoms with van der Waals surface area (Å²) in [6.07, 6.45) is 9.33. The van der Waals surface area contributed by atoms with Crippen molar-refractivity contribution in [2.45, 2.75) is 18.6 Å². The molecule has 0 spiro atoms. The first kappa shape index (κ1) is 20.9. The van der Waals surface area contributed by atoms with Crippen LogP contribution in [-0.2, 0) is 0 Å². The van der Waals surface area contributed by atoms with Crippen molar-refractivity contribution in [1.29, 1.82) is 0 Å². The number of alkyl halides is 3. The van der Waals surface area contributed by atoms with Crippen molar-refractivity contribution in [3.05, 3.63) is 59.9 Å². The van der Waals surface area contributed by atoms with Gasteiger partial charge >= 0.3 is 6.18 Å². The van der Waals surface area contributed by atoms with Crippen LogP contribution in [-0.4, -0.2) is 62.3 Å². The summed E-state index contributed by atoms with van der Waals surface area (Å²) in [7, 11) is 0. The second-order valence-electron chi connectivity index (χ2n) is 6.82. The number of dihydropyridines is 1. The topological polar surface area (TPSA) is 64.0 Å². The molecule has 1 saturated heterocycles. The van der Waals surface area contributed by atoms with Crippen LogP contribution in [0.15, 0.2) is 69.9 Å². The normalized spacial score (nSPS) is 24.1. The van der Waals surface area contributed by atoms with Gasteiger partial charge in [0, 0.05) is 63.5 Å². The Kier molecular flexibility index (Phi) is 6.92. The van der Waals surface area contributed by atoms with Gasteiger partial charge in [-0.05, 0) is 24.4 Å². The molecule has 2 aliphatic heterocycles. The Bertz CT molecular complexity index is 789. The predicted octanol–water partition coefficient (Wildman–Crippen LogP) is 2.24. The van der Waals surface area contributed by atoms with Crippen LogP contribution in [0.1, 0.15) is 6.42 Å². The fourth-order valence-corrected chi connectivity index (χ4v) is 3.30. The molecule has 1 unspecified atom stereocenters. The smallest absolute Gasteiger partial charge is 0.386 e. The summed E-state index contributed by atoms with van der Waals surface area (Å²) >= 11 is 0. The van der Waals surface area contributed by atoms with E-state index in [2.05, 4.69) is 38.7 Å². The Morgan fingerprint density at radius 3 is 2.86 bits per heavy atom. The second kappa shape index (κ2) is 9.60. The molecule has 29 heavy (non-hydrogen) atoms. The van der Waals surface area contributed by atoms with Crippen molar-refractivity contribution >= 4 is 12.4 Å². The van der Waals surface area contributed by atoms with Crippen LogP contribution in [0.5, 0.6) is 0 Å². The van der Waals surface area contributed by atoms with Crippen molar-refractivity contribution in [1.82, 2.24) is 20.9 Å². The molecule has 3 aliphatic rings. The molecule has 6 nitrogen and oxygen atoms in total. The summed E-state index contributed by atoms with van der Waals surface area (Å²) in [6, 6.07) is -1.51. The molecule has 3 rings (SSSR count). The van der Waals surface area contributed by atoms with Gasteiger partial charge in [-0.3, -0.25) is 9.98 Å². The molecule has 0 aromatic rings. The maximum atomic E-state index is 13.1. The zero-order valence-corrected chi connectivity index (χ0v) is 16.0. The van der Waals surface area contributed by atoms with E-state index in [4.69, 9.17) is 0 Å². The highest BCUT2D eigenvalue weighted by Gasteiger charge is 2.42. The maximum Gasteiger partial charge on any atom is 0.405 e. The van der Waals surface area contributed by atoms with Crippen LogP contribution in [0.25, 0.3) is 0 Å². The van der Waals surface area contributed by atoms with Gasteiger partial charge in [-0.15, -0.1) is 0 Å². The van der Waals surface area contributed by atoms with Crippen LogP contribution >= 0.6 is 0 Å². The van der Waals surface area contributed by atoms with Crippen LogP contribution in [0.4, 0.5) is 13.2 Å². The predicted molar refractivity (Wildman–Crippen MR) is 110 cm³/mol. The van der Waals surface area contributed by atoms with E-state index in [1.54, 1.807) is 11.1 Å². The van der Waals surface area contributed by atoms with Crippen LogP contribution in [0, 0.1) is 0 Å². The molecule has 0 aromatic heterocycles. The number of allylic oxidation sites excluding steroid dienone is 2. The standard InChI is InChI=1S/C20H25F3N6/c1-24-8-9-26-16-4-2-15(3-5-16)12-28-17-13-25-7-6-18(17)29-11-10-27-19(14-29)20(21,22)23/h2-4,6,8-9,13,19,25,27-28H,1,5,7,10-12,14H2/b9-8-,26-16?. The molecular formula is C20H25F3N6. The van der Waals surface area contributed by atoms with Gasteiger partial charge in [0.25, 0.3) is 0 Å². The van der Waals surface area contributed by atoms with Gasteiger partial charge in [0.2, 0.25) is 0 Å². The van der Waals surface area contributed by atoms with Crippen molar-refractivity contribution in [3.63, 3.8) is 0 Å². The molecule has 0 bridgehead atoms. The summed E-state index contributed by atoms with van der Waals surface area (Å²) in [5.41, 5.74) is 3.62. The Balaban J connectivity index is 1.58. The first-order valence-electron chi connectivity index (χ1n) is 9.45. The summed E-state index contributed by atoms with van der Waals surface area (Å²) in [5.74, 6) is 0. The number of hydrogen-bond acceptors (Lipinski definition) is 6. The molecule has 1 atom stereocenters. The summed E-state index contributed by atoms with van der Waals surface area (Å²) in [4.78, 5) is 9.67. The molecule has 9 heteroatoms. The fraction of sp³-hybridized carbons (Fsp3) is 0.400. The highest BCUT2D eigenvalue weighted by molar-refractivity contribution is 5.98. The third-order valence-electron chi connectivity index (χ3n) is 4.81. The lowest BCUT2D eigenvalue weighted by molar-refractivity contribution is -0.163. The third kappa shape index (κ3) is 5.83. The summed E-state index contributed by atoms with van der Waals surface area (Å²) in [5, 5.41) is 9.03. The number of nitrogens with one attached hydrogen (secondary N) is 3. The average molecular weight is 406 g/mol. The minimum Gasteiger partial charge on any atom is -0.386 e. The summed E-state index contributed by atoms with van der Waals surface area (Å²) in [6.45, 7) is 5.27. The van der Waals surface area contributed by atoms with Crippen molar-refractivity contribution in [2.24, 2.45) is 9.98 Å². The lowest BCUT2D eigenvalue weighted by Crippen LogP contribution is -2.57. The molecule has 0 amide bonds. The number of halogens is 3. The van der Waals surface area contributed by atoms with Gasteiger partial charge in [-0.2, -0.15) is 13.2 Å². The zero-order valence-electron chi connectivity index (χ0n) is 16.0. The molecule has 1 fully saturated rings. The SMILES string of the molecule is C=N/C=C\N=C1C=CC(CNC2=CNCC=C2N2CCNC(C(F)(F)F)C2)=CC1. The van der Waals surface area contributed by atoms with E-state index in [1.165, 1.54) is 6.20 Å². The zero-order chi connectivity index (χ0) is 20.7. The fourth-order valence-electron chi connectivity index (χ4n) is 3.30. The summed E-state index contributed by atoms with van der Waals surface area (Å²) < 4.78 is 39.3. The molecule has 0 radical (unpaired) electrons. The molecular weight excluding hydrogens is 381 g/mol. The van der Waals surface area contributed by atoms with Crippen molar-refractivity contribution < 1.29 is 13.2 Å². The monoisotopic (exact) mass is 406 g/mol. The molecule has 0 aromatic carbocycles. The van der Waals surface area contributed by atoms with Gasteiger partial charge in [-0.1, -0.05) is 12.2 Å². The number of hydrogen-bond donors (Lipinski definition) is 3. The Hall–Kier alpha value is -2.81. The van der Waals surface area contributed by atoms with Gasteiger partial charge in [0.05, 0.1) is 11.4 Å². The largest absolute Gasteiger partial charge is 0.405 e. The highest BCUT2D eigenvalue weighted by atomic mass is 19.4. The lowest BCUT2D eigenvalue weighted by Gasteiger charge is -2.39. The van der Waals surface area contributed by atoms with Crippen molar-refractivity contribution in [3.8, 4) is 0 Å². The first-order chi connectivity index (χ1) is 14.0. The van der Waals surface area contributed by atoms with Gasteiger partial charge in [0.1, 0.15) is 6.04 Å². The molecule has 3 N–H and O–H groups in total. The molecule has 2 heterocycles. The van der Waals surface area contributed by atoms with Gasteiger partial charge < -0.3 is 20.9 Å². The average Bonchev–Trinajstić information content (AvgIpc) is 2.73. The van der Waals surface area contributed by atoms with E-state index in [-0.39, 0.29) is 6.54 Å². The number of rotatable bonds is 6. The van der Waals surface area contributed by atoms with Crippen LogP contribution < -0.4 is 16.0 Å². The highest BCUT2D eigenvalue weighted by Crippen LogP contribution is 2.25. The third-order valence-corrected chi connectivity index (χ3v) is 4.81. The minimum absolute atomic E-state index is 0.0934. The Morgan fingerprint density at radius 1 is 1.28 bits per heavy atom. The molecule has 156 valence electrons. The van der Waals surface area contributed by atoms with Crippen LogP contribution in [0.3, 0.4) is 0 Å².